The maximum Gasteiger partial charge on any atom is 0.249 e. The van der Waals surface area contributed by atoms with Crippen molar-refractivity contribution in [3.05, 3.63) is 24.3 Å². The van der Waals surface area contributed by atoms with Crippen molar-refractivity contribution in [1.29, 1.82) is 0 Å². The molecule has 1 saturated heterocycles. The van der Waals surface area contributed by atoms with Gasteiger partial charge >= 0.3 is 0 Å². The van der Waals surface area contributed by atoms with Crippen molar-refractivity contribution in [3.8, 4) is 5.75 Å². The van der Waals surface area contributed by atoms with E-state index in [0.29, 0.717) is 13.1 Å². The Morgan fingerprint density at radius 2 is 1.78 bits per heavy atom. The molecule has 0 radical (unpaired) electrons. The number of anilines is 1. The molecule has 0 aromatic heterocycles. The number of hydrogen-bond acceptors (Lipinski definition) is 3. The van der Waals surface area contributed by atoms with Crippen molar-refractivity contribution in [2.24, 2.45) is 5.92 Å². The number of methoxy groups -OCH3 is 1. The van der Waals surface area contributed by atoms with Crippen LogP contribution in [0.4, 0.5) is 5.69 Å². The molecule has 0 N–H and O–H groups in total. The van der Waals surface area contributed by atoms with E-state index in [4.69, 9.17) is 4.74 Å². The van der Waals surface area contributed by atoms with Crippen LogP contribution in [-0.4, -0.2) is 43.0 Å². The summed E-state index contributed by atoms with van der Waals surface area (Å²) in [6.45, 7) is 2.99. The number of ether oxygens (including phenoxy) is 1. The highest BCUT2D eigenvalue weighted by Crippen LogP contribution is 2.29. The van der Waals surface area contributed by atoms with Gasteiger partial charge in [0, 0.05) is 24.7 Å². The van der Waals surface area contributed by atoms with E-state index in [1.165, 1.54) is 0 Å². The quantitative estimate of drug-likeness (QED) is 0.860. The zero-order chi connectivity index (χ0) is 16.4. The SMILES string of the molecule is COc1ccc(N2CCN(C(=O)C3CCCC3)[C@H](C)C2=O)cc1. The molecular weight excluding hydrogens is 292 g/mol. The van der Waals surface area contributed by atoms with E-state index in [0.717, 1.165) is 37.1 Å². The van der Waals surface area contributed by atoms with Crippen LogP contribution in [0.3, 0.4) is 0 Å². The molecule has 1 aliphatic heterocycles. The van der Waals surface area contributed by atoms with Gasteiger partial charge in [0.15, 0.2) is 0 Å². The van der Waals surface area contributed by atoms with Crippen molar-refractivity contribution in [2.45, 2.75) is 38.6 Å². The van der Waals surface area contributed by atoms with Crippen LogP contribution in [0.2, 0.25) is 0 Å². The van der Waals surface area contributed by atoms with Gasteiger partial charge in [-0.3, -0.25) is 9.59 Å². The Morgan fingerprint density at radius 3 is 2.39 bits per heavy atom. The molecule has 2 aliphatic rings. The highest BCUT2D eigenvalue weighted by molar-refractivity contribution is 6.00. The van der Waals surface area contributed by atoms with E-state index >= 15 is 0 Å². The number of rotatable bonds is 3. The number of carbonyl (C=O) groups is 2. The Labute approximate surface area is 137 Å². The van der Waals surface area contributed by atoms with Gasteiger partial charge in [-0.2, -0.15) is 0 Å². The van der Waals surface area contributed by atoms with Gasteiger partial charge in [0.1, 0.15) is 11.8 Å². The molecule has 2 fully saturated rings. The van der Waals surface area contributed by atoms with Crippen LogP contribution in [0.15, 0.2) is 24.3 Å². The molecule has 1 aromatic carbocycles. The average molecular weight is 316 g/mol. The first kappa shape index (κ1) is 15.8. The van der Waals surface area contributed by atoms with Crippen LogP contribution in [0, 0.1) is 5.92 Å². The number of carbonyl (C=O) groups excluding carboxylic acids is 2. The Hall–Kier alpha value is -2.04. The second-order valence-electron chi connectivity index (χ2n) is 6.38. The minimum absolute atomic E-state index is 0.00670. The monoisotopic (exact) mass is 316 g/mol. The van der Waals surface area contributed by atoms with Gasteiger partial charge in [0.25, 0.3) is 0 Å². The molecule has 124 valence electrons. The predicted molar refractivity (Wildman–Crippen MR) is 88.5 cm³/mol. The number of hydrogen-bond donors (Lipinski definition) is 0. The number of amides is 2. The van der Waals surface area contributed by atoms with E-state index in [-0.39, 0.29) is 23.8 Å². The van der Waals surface area contributed by atoms with Crippen molar-refractivity contribution < 1.29 is 14.3 Å². The van der Waals surface area contributed by atoms with Crippen molar-refractivity contribution in [2.75, 3.05) is 25.1 Å². The summed E-state index contributed by atoms with van der Waals surface area (Å²) >= 11 is 0. The molecule has 1 saturated carbocycles. The van der Waals surface area contributed by atoms with E-state index in [1.54, 1.807) is 16.9 Å². The van der Waals surface area contributed by atoms with Crippen LogP contribution in [0.1, 0.15) is 32.6 Å². The summed E-state index contributed by atoms with van der Waals surface area (Å²) < 4.78 is 5.15. The Bertz CT molecular complexity index is 578. The number of benzene rings is 1. The fourth-order valence-corrected chi connectivity index (χ4v) is 3.60. The standard InChI is InChI=1S/C18H24N2O3/c1-13-17(21)20(15-7-9-16(23-2)10-8-15)12-11-19(13)18(22)14-5-3-4-6-14/h7-10,13-14H,3-6,11-12H2,1-2H3/t13-/m1/s1. The lowest BCUT2D eigenvalue weighted by Gasteiger charge is -2.40. The fraction of sp³-hybridized carbons (Fsp3) is 0.556. The first-order valence-electron chi connectivity index (χ1n) is 8.37. The average Bonchev–Trinajstić information content (AvgIpc) is 3.11. The molecular formula is C18H24N2O3. The van der Waals surface area contributed by atoms with Gasteiger partial charge in [-0.1, -0.05) is 12.8 Å². The minimum atomic E-state index is -0.390. The van der Waals surface area contributed by atoms with E-state index in [1.807, 2.05) is 31.2 Å². The lowest BCUT2D eigenvalue weighted by Crippen LogP contribution is -2.58. The van der Waals surface area contributed by atoms with Crippen LogP contribution in [0.25, 0.3) is 0 Å². The van der Waals surface area contributed by atoms with Gasteiger partial charge in [-0.25, -0.2) is 0 Å². The number of piperazine rings is 1. The fourth-order valence-electron chi connectivity index (χ4n) is 3.60. The predicted octanol–water partition coefficient (Wildman–Crippen LogP) is 2.45. The van der Waals surface area contributed by atoms with Crippen LogP contribution in [-0.2, 0) is 9.59 Å². The third kappa shape index (κ3) is 3.05. The lowest BCUT2D eigenvalue weighted by atomic mass is 10.0. The summed E-state index contributed by atoms with van der Waals surface area (Å²) in [5.74, 6) is 1.05. The molecule has 5 nitrogen and oxygen atoms in total. The van der Waals surface area contributed by atoms with Crippen molar-refractivity contribution >= 4 is 17.5 Å². The van der Waals surface area contributed by atoms with Gasteiger partial charge in [-0.15, -0.1) is 0 Å². The zero-order valence-electron chi connectivity index (χ0n) is 13.8. The molecule has 5 heteroatoms. The molecule has 2 amide bonds. The van der Waals surface area contributed by atoms with Crippen LogP contribution >= 0.6 is 0 Å². The number of nitrogens with zero attached hydrogens (tertiary/aromatic N) is 2. The molecule has 0 spiro atoms. The first-order valence-corrected chi connectivity index (χ1v) is 8.37. The van der Waals surface area contributed by atoms with Gasteiger partial charge in [-0.05, 0) is 44.0 Å². The molecule has 1 aromatic rings. The molecule has 3 rings (SSSR count). The summed E-state index contributed by atoms with van der Waals surface area (Å²) in [5.41, 5.74) is 0.857. The van der Waals surface area contributed by atoms with Crippen molar-refractivity contribution in [1.82, 2.24) is 4.90 Å². The largest absolute Gasteiger partial charge is 0.497 e. The highest BCUT2D eigenvalue weighted by Gasteiger charge is 2.38. The third-order valence-corrected chi connectivity index (χ3v) is 5.03. The van der Waals surface area contributed by atoms with Crippen LogP contribution in [0.5, 0.6) is 5.75 Å². The van der Waals surface area contributed by atoms with Gasteiger partial charge in [0.2, 0.25) is 11.8 Å². The summed E-state index contributed by atoms with van der Waals surface area (Å²) in [5, 5.41) is 0. The van der Waals surface area contributed by atoms with Crippen molar-refractivity contribution in [3.63, 3.8) is 0 Å². The molecule has 23 heavy (non-hydrogen) atoms. The highest BCUT2D eigenvalue weighted by atomic mass is 16.5. The molecule has 0 bridgehead atoms. The normalized spacial score (nSPS) is 22.5. The minimum Gasteiger partial charge on any atom is -0.497 e. The smallest absolute Gasteiger partial charge is 0.249 e. The Morgan fingerprint density at radius 1 is 1.13 bits per heavy atom. The van der Waals surface area contributed by atoms with Gasteiger partial charge in [0.05, 0.1) is 7.11 Å². The van der Waals surface area contributed by atoms with Gasteiger partial charge < -0.3 is 14.5 Å². The Kier molecular flexibility index (Phi) is 4.55. The molecule has 1 atom stereocenters. The van der Waals surface area contributed by atoms with E-state index in [9.17, 15) is 9.59 Å². The summed E-state index contributed by atoms with van der Waals surface area (Å²) in [4.78, 5) is 28.9. The first-order chi connectivity index (χ1) is 11.1. The molecule has 1 aliphatic carbocycles. The van der Waals surface area contributed by atoms with E-state index < -0.39 is 0 Å². The van der Waals surface area contributed by atoms with E-state index in [2.05, 4.69) is 0 Å². The maximum atomic E-state index is 12.7. The topological polar surface area (TPSA) is 49.9 Å². The molecule has 0 unspecified atom stereocenters. The second kappa shape index (κ2) is 6.60. The lowest BCUT2D eigenvalue weighted by molar-refractivity contribution is -0.143. The summed E-state index contributed by atoms with van der Waals surface area (Å²) in [6, 6.07) is 7.08. The Balaban J connectivity index is 1.71. The molecule has 1 heterocycles. The summed E-state index contributed by atoms with van der Waals surface area (Å²) in [7, 11) is 1.62. The summed E-state index contributed by atoms with van der Waals surface area (Å²) in [6.07, 6.45) is 4.20. The van der Waals surface area contributed by atoms with Crippen LogP contribution < -0.4 is 9.64 Å². The maximum absolute atomic E-state index is 12.7. The zero-order valence-corrected chi connectivity index (χ0v) is 13.8. The second-order valence-corrected chi connectivity index (χ2v) is 6.38. The third-order valence-electron chi connectivity index (χ3n) is 5.03.